The summed E-state index contributed by atoms with van der Waals surface area (Å²) < 4.78 is 1.03. The van der Waals surface area contributed by atoms with Crippen LogP contribution in [0.5, 0.6) is 0 Å². The molecule has 0 aromatic heterocycles. The molecule has 0 saturated heterocycles. The Bertz CT molecular complexity index is 230. The van der Waals surface area contributed by atoms with Gasteiger partial charge in [-0.3, -0.25) is 0 Å². The van der Waals surface area contributed by atoms with Gasteiger partial charge in [-0.05, 0) is 7.05 Å². The molecule has 11 heavy (non-hydrogen) atoms. The molecule has 0 spiro atoms. The molecule has 1 heterocycles. The average Bonchev–Trinajstić information content (AvgIpc) is 1.82. The summed E-state index contributed by atoms with van der Waals surface area (Å²) in [5.74, 6) is 0. The molecule has 0 atom stereocenters. The van der Waals surface area contributed by atoms with Gasteiger partial charge in [-0.25, -0.2) is 0 Å². The SMILES string of the molecule is C=C1C(Br)=CC(C)=[C-]N1C.[Y]. The van der Waals surface area contributed by atoms with E-state index in [9.17, 15) is 0 Å². The molecule has 0 aromatic rings. The standard InChI is InChI=1S/C8H9BrN.Y/c1-6-4-8(9)7(2)10(3)5-6;/h4H,2H2,1,3H3;/q-1;. The van der Waals surface area contributed by atoms with Gasteiger partial charge in [0.2, 0.25) is 0 Å². The third-order valence-electron chi connectivity index (χ3n) is 1.37. The summed E-state index contributed by atoms with van der Waals surface area (Å²) in [6.45, 7) is 5.85. The molecule has 57 valence electrons. The van der Waals surface area contributed by atoms with E-state index < -0.39 is 0 Å². The summed E-state index contributed by atoms with van der Waals surface area (Å²) >= 11 is 3.39. The molecule has 1 aliphatic rings. The number of rotatable bonds is 0. The van der Waals surface area contributed by atoms with Crippen molar-refractivity contribution in [3.63, 3.8) is 0 Å². The van der Waals surface area contributed by atoms with E-state index in [2.05, 4.69) is 28.7 Å². The van der Waals surface area contributed by atoms with Crippen molar-refractivity contribution in [2.45, 2.75) is 6.92 Å². The van der Waals surface area contributed by atoms with Gasteiger partial charge in [0.1, 0.15) is 0 Å². The van der Waals surface area contributed by atoms with E-state index in [-0.39, 0.29) is 32.7 Å². The largest absolute Gasteiger partial charge is 0.457 e. The van der Waals surface area contributed by atoms with Gasteiger partial charge in [0.25, 0.3) is 0 Å². The van der Waals surface area contributed by atoms with Crippen molar-refractivity contribution in [2.75, 3.05) is 7.05 Å². The van der Waals surface area contributed by atoms with Gasteiger partial charge in [-0.1, -0.05) is 33.0 Å². The molecule has 0 unspecified atom stereocenters. The molecule has 0 amide bonds. The topological polar surface area (TPSA) is 3.24 Å². The fraction of sp³-hybridized carbons (Fsp3) is 0.250. The predicted molar refractivity (Wildman–Crippen MR) is 46.3 cm³/mol. The van der Waals surface area contributed by atoms with Crippen molar-refractivity contribution in [2.24, 2.45) is 0 Å². The smallest absolute Gasteiger partial charge is 0 e. The van der Waals surface area contributed by atoms with Crippen LogP contribution in [-0.4, -0.2) is 11.9 Å². The fourth-order valence-electron chi connectivity index (χ4n) is 0.798. The maximum absolute atomic E-state index is 3.85. The number of likely N-dealkylation sites (N-methyl/N-ethyl adjacent to an activating group) is 1. The summed E-state index contributed by atoms with van der Waals surface area (Å²) in [6.07, 6.45) is 5.11. The van der Waals surface area contributed by atoms with Gasteiger partial charge >= 0.3 is 0 Å². The summed E-state index contributed by atoms with van der Waals surface area (Å²) in [5, 5.41) is 0. The van der Waals surface area contributed by atoms with Crippen molar-refractivity contribution in [3.05, 3.63) is 34.6 Å². The van der Waals surface area contributed by atoms with Gasteiger partial charge < -0.3 is 4.90 Å². The van der Waals surface area contributed by atoms with Crippen molar-refractivity contribution in [1.82, 2.24) is 4.90 Å². The first-order valence-electron chi connectivity index (χ1n) is 3.01. The maximum atomic E-state index is 3.85. The number of nitrogens with zero attached hydrogens (tertiary/aromatic N) is 1. The second kappa shape index (κ2) is 4.59. The molecular formula is C8H9BrNY-. The number of hydrogen-bond donors (Lipinski definition) is 0. The average molecular weight is 288 g/mol. The molecule has 0 N–H and O–H groups in total. The third kappa shape index (κ3) is 2.85. The molecular weight excluding hydrogens is 279 g/mol. The Morgan fingerprint density at radius 1 is 1.64 bits per heavy atom. The Balaban J connectivity index is 0.000001000. The Morgan fingerprint density at radius 3 is 2.64 bits per heavy atom. The van der Waals surface area contributed by atoms with Gasteiger partial charge in [0.15, 0.2) is 0 Å². The van der Waals surface area contributed by atoms with E-state index in [1.54, 1.807) is 0 Å². The van der Waals surface area contributed by atoms with Gasteiger partial charge in [0.05, 0.1) is 0 Å². The Labute approximate surface area is 101 Å². The molecule has 1 aliphatic heterocycles. The minimum Gasteiger partial charge on any atom is -0.457 e. The first-order valence-corrected chi connectivity index (χ1v) is 3.81. The molecule has 1 radical (unpaired) electrons. The minimum absolute atomic E-state index is 0. The van der Waals surface area contributed by atoms with E-state index in [1.165, 1.54) is 0 Å². The van der Waals surface area contributed by atoms with Crippen LogP contribution in [0.3, 0.4) is 0 Å². The molecule has 3 heteroatoms. The van der Waals surface area contributed by atoms with E-state index in [4.69, 9.17) is 0 Å². The molecule has 0 aromatic carbocycles. The quantitative estimate of drug-likeness (QED) is 0.619. The number of hydrogen-bond acceptors (Lipinski definition) is 1. The number of halogens is 1. The van der Waals surface area contributed by atoms with Crippen LogP contribution in [0.1, 0.15) is 6.92 Å². The zero-order valence-electron chi connectivity index (χ0n) is 6.69. The van der Waals surface area contributed by atoms with Crippen LogP contribution >= 0.6 is 15.9 Å². The summed E-state index contributed by atoms with van der Waals surface area (Å²) in [4.78, 5) is 1.87. The molecule has 0 saturated carbocycles. The third-order valence-corrected chi connectivity index (χ3v) is 2.05. The van der Waals surface area contributed by atoms with Crippen LogP contribution < -0.4 is 0 Å². The molecule has 0 bridgehead atoms. The maximum Gasteiger partial charge on any atom is 0 e. The fourth-order valence-corrected chi connectivity index (χ4v) is 1.41. The summed E-state index contributed by atoms with van der Waals surface area (Å²) in [5.41, 5.74) is 2.06. The second-order valence-corrected chi connectivity index (χ2v) is 3.15. The van der Waals surface area contributed by atoms with E-state index in [0.29, 0.717) is 0 Å². The molecule has 1 nitrogen and oxygen atoms in total. The van der Waals surface area contributed by atoms with Gasteiger partial charge in [-0.15, -0.1) is 18.4 Å². The minimum atomic E-state index is 0. The monoisotopic (exact) mass is 287 g/mol. The normalized spacial score (nSPS) is 17.0. The van der Waals surface area contributed by atoms with Crippen LogP contribution in [0.4, 0.5) is 0 Å². The molecule has 0 fully saturated rings. The summed E-state index contributed by atoms with van der Waals surface area (Å²) in [6, 6.07) is 0. The van der Waals surface area contributed by atoms with E-state index in [1.807, 2.05) is 24.9 Å². The van der Waals surface area contributed by atoms with Crippen molar-refractivity contribution < 1.29 is 32.7 Å². The van der Waals surface area contributed by atoms with E-state index >= 15 is 0 Å². The first-order chi connectivity index (χ1) is 4.61. The number of allylic oxidation sites excluding steroid dienone is 3. The Kier molecular flexibility index (Phi) is 4.84. The summed E-state index contributed by atoms with van der Waals surface area (Å²) in [7, 11) is 1.93. The van der Waals surface area contributed by atoms with Crippen LogP contribution in [0.15, 0.2) is 28.4 Å². The van der Waals surface area contributed by atoms with Gasteiger partial charge in [0, 0.05) is 32.7 Å². The van der Waals surface area contributed by atoms with Crippen molar-refractivity contribution in [1.29, 1.82) is 0 Å². The predicted octanol–water partition coefficient (Wildman–Crippen LogP) is 2.43. The van der Waals surface area contributed by atoms with E-state index in [0.717, 1.165) is 15.8 Å². The van der Waals surface area contributed by atoms with Crippen LogP contribution in [0, 0.1) is 6.20 Å². The van der Waals surface area contributed by atoms with Crippen LogP contribution in [-0.2, 0) is 32.7 Å². The van der Waals surface area contributed by atoms with Crippen molar-refractivity contribution in [3.8, 4) is 0 Å². The second-order valence-electron chi connectivity index (χ2n) is 2.29. The Hall–Kier alpha value is 0.604. The molecule has 0 aliphatic carbocycles. The molecule has 1 rings (SSSR count). The zero-order chi connectivity index (χ0) is 7.72. The Morgan fingerprint density at radius 2 is 2.18 bits per heavy atom. The van der Waals surface area contributed by atoms with Gasteiger partial charge in [-0.2, -0.15) is 6.08 Å². The zero-order valence-corrected chi connectivity index (χ0v) is 11.1. The van der Waals surface area contributed by atoms with Crippen molar-refractivity contribution >= 4 is 15.9 Å². The first kappa shape index (κ1) is 11.6. The van der Waals surface area contributed by atoms with Crippen LogP contribution in [0.2, 0.25) is 0 Å². The van der Waals surface area contributed by atoms with Crippen LogP contribution in [0.25, 0.3) is 0 Å².